The Morgan fingerprint density at radius 1 is 1.00 bits per heavy atom. The third-order valence-electron chi connectivity index (χ3n) is 4.84. The maximum Gasteiger partial charge on any atom is 0.261 e. The largest absolute Gasteiger partial charge is 0.489 e. The molecule has 0 spiro atoms. The average Bonchev–Trinajstić information content (AvgIpc) is 2.78. The number of primary amides is 1. The van der Waals surface area contributed by atoms with Crippen LogP contribution in [0.4, 0.5) is 8.78 Å². The Balaban J connectivity index is 0.000000784. The van der Waals surface area contributed by atoms with E-state index in [9.17, 15) is 22.0 Å². The topological polar surface area (TPSA) is 119 Å². The summed E-state index contributed by atoms with van der Waals surface area (Å²) in [5, 5.41) is 3.05. The van der Waals surface area contributed by atoms with E-state index >= 15 is 0 Å². The van der Waals surface area contributed by atoms with Gasteiger partial charge in [-0.3, -0.25) is 9.35 Å². The smallest absolute Gasteiger partial charge is 0.261 e. The number of hydrogen-bond donors (Lipinski definition) is 3. The molecule has 0 aliphatic heterocycles. The van der Waals surface area contributed by atoms with Gasteiger partial charge < -0.3 is 15.8 Å². The van der Waals surface area contributed by atoms with Crippen LogP contribution in [0.15, 0.2) is 66.7 Å². The summed E-state index contributed by atoms with van der Waals surface area (Å²) in [6.45, 7) is 2.17. The Morgan fingerprint density at radius 2 is 1.54 bits per heavy atom. The number of carbonyl (C=O) groups is 1. The lowest BCUT2D eigenvalue weighted by Crippen LogP contribution is -2.38. The van der Waals surface area contributed by atoms with Gasteiger partial charge in [-0.2, -0.15) is 8.42 Å². The van der Waals surface area contributed by atoms with Crippen molar-refractivity contribution in [3.05, 3.63) is 101 Å². The lowest BCUT2D eigenvalue weighted by atomic mass is 10.0. The first-order valence-corrected chi connectivity index (χ1v) is 12.5. The van der Waals surface area contributed by atoms with Crippen LogP contribution in [0, 0.1) is 11.6 Å². The number of amides is 1. The number of hydrogen-bond acceptors (Lipinski definition) is 5. The summed E-state index contributed by atoms with van der Waals surface area (Å²) in [4.78, 5) is 11.2. The van der Waals surface area contributed by atoms with Crippen molar-refractivity contribution in [1.82, 2.24) is 5.32 Å². The van der Waals surface area contributed by atoms with Gasteiger partial charge in [-0.25, -0.2) is 8.78 Å². The predicted molar refractivity (Wildman–Crippen MR) is 129 cm³/mol. The monoisotopic (exact) mass is 506 g/mol. The van der Waals surface area contributed by atoms with E-state index in [1.54, 1.807) is 49.4 Å². The normalized spacial score (nSPS) is 11.8. The van der Waals surface area contributed by atoms with E-state index in [2.05, 4.69) is 5.32 Å². The first-order chi connectivity index (χ1) is 16.4. The fourth-order valence-corrected chi connectivity index (χ4v) is 3.01. The maximum absolute atomic E-state index is 14.2. The second kappa shape index (κ2) is 12.9. The summed E-state index contributed by atoms with van der Waals surface area (Å²) >= 11 is 0. The second-order valence-corrected chi connectivity index (χ2v) is 9.29. The standard InChI is InChI=1S/C24H24F2N2O2.CH4O3S/c1-16(24(27)29)28-14-17-10-11-23(30-15-19-7-3-5-9-22(19)26)20(12-17)13-18-6-2-4-8-21(18)25;1-5(2,3)4/h2-12,16,28H,13-15H2,1H3,(H2,27,29);1H3,(H,2,3,4)/t16-;/m1./s1. The molecule has 0 aliphatic rings. The van der Waals surface area contributed by atoms with Crippen molar-refractivity contribution in [2.45, 2.75) is 32.5 Å². The van der Waals surface area contributed by atoms with Crippen LogP contribution in [0.2, 0.25) is 0 Å². The van der Waals surface area contributed by atoms with Crippen LogP contribution in [0.5, 0.6) is 5.75 Å². The summed E-state index contributed by atoms with van der Waals surface area (Å²) in [5.74, 6) is -0.530. The third-order valence-corrected chi connectivity index (χ3v) is 4.84. The molecular weight excluding hydrogens is 478 g/mol. The van der Waals surface area contributed by atoms with Gasteiger partial charge in [0.1, 0.15) is 24.0 Å². The van der Waals surface area contributed by atoms with E-state index in [0.717, 1.165) is 11.1 Å². The fraction of sp³-hybridized carbons (Fsp3) is 0.240. The van der Waals surface area contributed by atoms with Gasteiger partial charge in [-0.05, 0) is 41.8 Å². The molecule has 7 nitrogen and oxygen atoms in total. The van der Waals surface area contributed by atoms with Crippen molar-refractivity contribution >= 4 is 16.0 Å². The Hall–Kier alpha value is -3.34. The molecule has 0 unspecified atom stereocenters. The van der Waals surface area contributed by atoms with Crippen LogP contribution in [0.3, 0.4) is 0 Å². The molecule has 0 aliphatic carbocycles. The molecule has 0 radical (unpaired) electrons. The molecule has 10 heteroatoms. The van der Waals surface area contributed by atoms with Crippen molar-refractivity contribution in [1.29, 1.82) is 0 Å². The van der Waals surface area contributed by atoms with Gasteiger partial charge >= 0.3 is 0 Å². The van der Waals surface area contributed by atoms with Crippen molar-refractivity contribution in [2.24, 2.45) is 5.73 Å². The first-order valence-electron chi connectivity index (χ1n) is 10.6. The average molecular weight is 507 g/mol. The zero-order chi connectivity index (χ0) is 26.0. The van der Waals surface area contributed by atoms with Crippen molar-refractivity contribution in [2.75, 3.05) is 6.26 Å². The van der Waals surface area contributed by atoms with Gasteiger partial charge in [0.2, 0.25) is 5.91 Å². The number of ether oxygens (including phenoxy) is 1. The van der Waals surface area contributed by atoms with Gasteiger partial charge in [-0.15, -0.1) is 0 Å². The highest BCUT2D eigenvalue weighted by Crippen LogP contribution is 2.26. The highest BCUT2D eigenvalue weighted by molar-refractivity contribution is 7.85. The lowest BCUT2D eigenvalue weighted by molar-refractivity contribution is -0.119. The highest BCUT2D eigenvalue weighted by Gasteiger charge is 2.12. The molecule has 4 N–H and O–H groups in total. The summed E-state index contributed by atoms with van der Waals surface area (Å²) < 4.78 is 59.9. The molecule has 35 heavy (non-hydrogen) atoms. The van der Waals surface area contributed by atoms with Crippen molar-refractivity contribution in [3.63, 3.8) is 0 Å². The summed E-state index contributed by atoms with van der Waals surface area (Å²) in [7, 11) is -3.67. The zero-order valence-corrected chi connectivity index (χ0v) is 20.2. The second-order valence-electron chi connectivity index (χ2n) is 7.83. The first kappa shape index (κ1) is 27.9. The molecule has 0 fully saturated rings. The molecule has 0 saturated heterocycles. The Kier molecular flexibility index (Phi) is 10.3. The number of benzene rings is 3. The van der Waals surface area contributed by atoms with Gasteiger partial charge in [-0.1, -0.05) is 48.5 Å². The van der Waals surface area contributed by atoms with Gasteiger partial charge in [0.15, 0.2) is 0 Å². The predicted octanol–water partition coefficient (Wildman–Crippen LogP) is 3.60. The molecule has 0 heterocycles. The van der Waals surface area contributed by atoms with Crippen molar-refractivity contribution < 1.29 is 31.3 Å². The minimum absolute atomic E-state index is 0.0627. The highest BCUT2D eigenvalue weighted by atomic mass is 32.2. The summed E-state index contributed by atoms with van der Waals surface area (Å²) in [6, 6.07) is 18.0. The number of rotatable bonds is 9. The van der Waals surface area contributed by atoms with E-state index in [1.165, 1.54) is 12.1 Å². The molecular formula is C25H28F2N2O5S. The number of nitrogens with two attached hydrogens (primary N) is 1. The van der Waals surface area contributed by atoms with E-state index in [-0.39, 0.29) is 18.2 Å². The number of halogens is 2. The minimum Gasteiger partial charge on any atom is -0.489 e. The quantitative estimate of drug-likeness (QED) is 0.382. The molecule has 188 valence electrons. The Bertz CT molecular complexity index is 1240. The van der Waals surface area contributed by atoms with Gasteiger partial charge in [0, 0.05) is 18.5 Å². The van der Waals surface area contributed by atoms with E-state index in [1.807, 2.05) is 12.1 Å². The number of carbonyl (C=O) groups excluding carboxylic acids is 1. The van der Waals surface area contributed by atoms with Crippen LogP contribution >= 0.6 is 0 Å². The molecule has 0 saturated carbocycles. The van der Waals surface area contributed by atoms with Gasteiger partial charge in [0.25, 0.3) is 10.1 Å². The van der Waals surface area contributed by atoms with Crippen LogP contribution in [-0.2, 0) is 34.5 Å². The summed E-state index contributed by atoms with van der Waals surface area (Å²) in [5.41, 5.74) is 7.92. The SMILES string of the molecule is CS(=O)(=O)O.C[C@@H](NCc1ccc(OCc2ccccc2F)c(Cc2ccccc2F)c1)C(N)=O. The fourth-order valence-electron chi connectivity index (χ4n) is 3.01. The van der Waals surface area contributed by atoms with E-state index < -0.39 is 22.1 Å². The van der Waals surface area contributed by atoms with Crippen LogP contribution in [0.25, 0.3) is 0 Å². The molecule has 1 amide bonds. The lowest BCUT2D eigenvalue weighted by Gasteiger charge is -2.16. The third kappa shape index (κ3) is 10.2. The van der Waals surface area contributed by atoms with Crippen LogP contribution < -0.4 is 15.8 Å². The van der Waals surface area contributed by atoms with Crippen molar-refractivity contribution in [3.8, 4) is 5.75 Å². The molecule has 3 rings (SSSR count). The summed E-state index contributed by atoms with van der Waals surface area (Å²) in [6.07, 6.45) is 1.03. The molecule has 0 bridgehead atoms. The molecule has 1 atom stereocenters. The maximum atomic E-state index is 14.2. The molecule has 0 aromatic heterocycles. The number of nitrogens with one attached hydrogen (secondary N) is 1. The zero-order valence-electron chi connectivity index (χ0n) is 19.4. The van der Waals surface area contributed by atoms with Gasteiger partial charge in [0.05, 0.1) is 12.3 Å². The van der Waals surface area contributed by atoms with E-state index in [4.69, 9.17) is 15.0 Å². The Labute approximate surface area is 203 Å². The Morgan fingerprint density at radius 3 is 2.09 bits per heavy atom. The molecule has 3 aromatic rings. The minimum atomic E-state index is -3.67. The van der Waals surface area contributed by atoms with E-state index in [0.29, 0.717) is 36.1 Å². The van der Waals surface area contributed by atoms with Crippen LogP contribution in [0.1, 0.15) is 29.2 Å². The molecule has 3 aromatic carbocycles. The van der Waals surface area contributed by atoms with Crippen LogP contribution in [-0.4, -0.2) is 31.2 Å².